The van der Waals surface area contributed by atoms with Gasteiger partial charge in [0, 0.05) is 16.8 Å². The molecule has 1 atom stereocenters. The molecule has 0 spiro atoms. The lowest BCUT2D eigenvalue weighted by atomic mass is 10.1. The molecule has 9 heteroatoms. The van der Waals surface area contributed by atoms with Crippen LogP contribution in [0.4, 0.5) is 13.2 Å². The van der Waals surface area contributed by atoms with Gasteiger partial charge in [0.1, 0.15) is 22.5 Å². The second-order valence-electron chi connectivity index (χ2n) is 4.69. The lowest BCUT2D eigenvalue weighted by Gasteiger charge is -2.09. The number of ether oxygens (including phenoxy) is 1. The Morgan fingerprint density at radius 3 is 2.54 bits per heavy atom. The molecule has 0 aliphatic heterocycles. The third-order valence-corrected chi connectivity index (χ3v) is 3.98. The molecule has 0 bridgehead atoms. The molecular weight excluding hydrogens is 349 g/mol. The van der Waals surface area contributed by atoms with Crippen molar-refractivity contribution < 1.29 is 30.7 Å². The van der Waals surface area contributed by atoms with Gasteiger partial charge >= 0.3 is 22.2 Å². The smallest absolute Gasteiger partial charge is 0.496 e. The van der Waals surface area contributed by atoms with Crippen LogP contribution in [0.3, 0.4) is 0 Å². The summed E-state index contributed by atoms with van der Waals surface area (Å²) in [5.74, 6) is -0.00907. The number of benzene rings is 2. The van der Waals surface area contributed by atoms with E-state index in [2.05, 4.69) is 4.18 Å². The van der Waals surface area contributed by atoms with Gasteiger partial charge < -0.3 is 13.3 Å². The number of alkyl halides is 3. The molecular formula is C15H9F3O5S. The Morgan fingerprint density at radius 2 is 1.88 bits per heavy atom. The van der Waals surface area contributed by atoms with Crippen LogP contribution in [0.5, 0.6) is 11.5 Å². The molecule has 3 aromatic rings. The molecule has 0 N–H and O–H groups in total. The first-order valence-corrected chi connectivity index (χ1v) is 7.59. The number of hydrogen-bond acceptors (Lipinski definition) is 5. The van der Waals surface area contributed by atoms with Gasteiger partial charge in [0.05, 0.1) is 7.11 Å². The summed E-state index contributed by atoms with van der Waals surface area (Å²) >= 11 is -3.51. The van der Waals surface area contributed by atoms with Gasteiger partial charge in [-0.25, -0.2) is 9.00 Å². The first-order chi connectivity index (χ1) is 11.3. The fourth-order valence-corrected chi connectivity index (χ4v) is 2.66. The summed E-state index contributed by atoms with van der Waals surface area (Å²) in [5.41, 5.74) is -5.70. The Labute approximate surface area is 135 Å². The van der Waals surface area contributed by atoms with E-state index < -0.39 is 22.2 Å². The number of fused-ring (bicyclic) bond motifs is 3. The molecule has 0 amide bonds. The Kier molecular flexibility index (Phi) is 3.96. The van der Waals surface area contributed by atoms with Crippen LogP contribution in [-0.2, 0) is 11.1 Å². The van der Waals surface area contributed by atoms with Crippen molar-refractivity contribution in [1.82, 2.24) is 0 Å². The molecule has 2 aromatic carbocycles. The van der Waals surface area contributed by atoms with Crippen molar-refractivity contribution in [2.45, 2.75) is 5.51 Å². The molecule has 126 valence electrons. The molecule has 24 heavy (non-hydrogen) atoms. The highest BCUT2D eigenvalue weighted by Crippen LogP contribution is 2.31. The number of rotatable bonds is 3. The first-order valence-electron chi connectivity index (χ1n) is 6.52. The molecule has 0 saturated heterocycles. The third kappa shape index (κ3) is 2.82. The zero-order valence-electron chi connectivity index (χ0n) is 12.0. The van der Waals surface area contributed by atoms with Crippen molar-refractivity contribution in [1.29, 1.82) is 0 Å². The van der Waals surface area contributed by atoms with E-state index in [4.69, 9.17) is 9.15 Å². The molecule has 0 radical (unpaired) electrons. The second-order valence-corrected chi connectivity index (χ2v) is 5.79. The van der Waals surface area contributed by atoms with Crippen LogP contribution in [0.1, 0.15) is 0 Å². The fraction of sp³-hybridized carbons (Fsp3) is 0.133. The zero-order chi connectivity index (χ0) is 17.5. The summed E-state index contributed by atoms with van der Waals surface area (Å²) < 4.78 is 62.5. The van der Waals surface area contributed by atoms with Crippen LogP contribution in [0, 0.1) is 0 Å². The lowest BCUT2D eigenvalue weighted by molar-refractivity contribution is -0.0437. The minimum Gasteiger partial charge on any atom is -0.496 e. The Bertz CT molecular complexity index is 1010. The van der Waals surface area contributed by atoms with E-state index in [1.807, 2.05) is 0 Å². The van der Waals surface area contributed by atoms with Crippen molar-refractivity contribution in [2.75, 3.05) is 7.11 Å². The topological polar surface area (TPSA) is 65.7 Å². The maximum Gasteiger partial charge on any atom is 0.508 e. The molecule has 0 saturated carbocycles. The van der Waals surface area contributed by atoms with Crippen molar-refractivity contribution in [3.63, 3.8) is 0 Å². The van der Waals surface area contributed by atoms with Crippen molar-refractivity contribution in [2.24, 2.45) is 0 Å². The van der Waals surface area contributed by atoms with Gasteiger partial charge in [-0.15, -0.1) is 0 Å². The lowest BCUT2D eigenvalue weighted by Crippen LogP contribution is -2.20. The molecule has 0 fully saturated rings. The number of methoxy groups -OCH3 is 1. The number of hydrogen-bond donors (Lipinski definition) is 0. The molecule has 5 nitrogen and oxygen atoms in total. The van der Waals surface area contributed by atoms with Crippen molar-refractivity contribution in [3.8, 4) is 11.5 Å². The van der Waals surface area contributed by atoms with E-state index in [0.29, 0.717) is 16.5 Å². The molecule has 1 heterocycles. The predicted octanol–water partition coefficient (Wildman–Crippen LogP) is 3.52. The molecule has 0 aliphatic carbocycles. The average Bonchev–Trinajstić information content (AvgIpc) is 2.53. The normalized spacial score (nSPS) is 13.2. The van der Waals surface area contributed by atoms with E-state index in [1.54, 1.807) is 18.2 Å². The van der Waals surface area contributed by atoms with E-state index >= 15 is 0 Å². The highest BCUT2D eigenvalue weighted by Gasteiger charge is 2.40. The van der Waals surface area contributed by atoms with Gasteiger partial charge in [-0.2, -0.15) is 13.2 Å². The second kappa shape index (κ2) is 5.82. The van der Waals surface area contributed by atoms with Gasteiger partial charge in [-0.05, 0) is 18.2 Å². The third-order valence-electron chi connectivity index (χ3n) is 3.26. The Balaban J connectivity index is 2.17. The van der Waals surface area contributed by atoms with E-state index in [9.17, 15) is 22.2 Å². The van der Waals surface area contributed by atoms with E-state index in [0.717, 1.165) is 6.07 Å². The summed E-state index contributed by atoms with van der Waals surface area (Å²) in [6.45, 7) is 0. The van der Waals surface area contributed by atoms with Crippen LogP contribution in [0.2, 0.25) is 0 Å². The molecule has 1 unspecified atom stereocenters. The predicted molar refractivity (Wildman–Crippen MR) is 81.4 cm³/mol. The Morgan fingerprint density at radius 1 is 1.12 bits per heavy atom. The SMILES string of the molecule is COc1cccc2c1c(=O)oc1cc(OS(=O)C(F)(F)F)ccc12. The summed E-state index contributed by atoms with van der Waals surface area (Å²) in [7, 11) is 1.40. The number of halogens is 3. The van der Waals surface area contributed by atoms with Gasteiger partial charge in [0.25, 0.3) is 0 Å². The molecule has 1 aromatic heterocycles. The minimum absolute atomic E-state index is 0.0115. The summed E-state index contributed by atoms with van der Waals surface area (Å²) in [5, 5.41) is 1.22. The van der Waals surface area contributed by atoms with Crippen LogP contribution < -0.4 is 14.5 Å². The zero-order valence-corrected chi connectivity index (χ0v) is 12.9. The van der Waals surface area contributed by atoms with Gasteiger partial charge in [0.15, 0.2) is 0 Å². The molecule has 3 rings (SSSR count). The maximum atomic E-state index is 12.3. The van der Waals surface area contributed by atoms with Crippen LogP contribution >= 0.6 is 0 Å². The summed E-state index contributed by atoms with van der Waals surface area (Å²) in [6, 6.07) is 8.64. The van der Waals surface area contributed by atoms with Crippen molar-refractivity contribution in [3.05, 3.63) is 46.8 Å². The fourth-order valence-electron chi connectivity index (χ4n) is 2.28. The quantitative estimate of drug-likeness (QED) is 0.529. The summed E-state index contributed by atoms with van der Waals surface area (Å²) in [4.78, 5) is 12.1. The standard InChI is InChI=1S/C15H9F3O5S/c1-21-11-4-2-3-10-9-6-5-8(23-24(20)15(16,17)18)7-12(9)22-14(19)13(10)11/h2-7H,1H3. The first kappa shape index (κ1) is 16.3. The van der Waals surface area contributed by atoms with Gasteiger partial charge in [-0.3, -0.25) is 0 Å². The summed E-state index contributed by atoms with van der Waals surface area (Å²) in [6.07, 6.45) is 0. The van der Waals surface area contributed by atoms with Crippen LogP contribution in [0.15, 0.2) is 45.6 Å². The highest BCUT2D eigenvalue weighted by molar-refractivity contribution is 7.81. The van der Waals surface area contributed by atoms with Crippen molar-refractivity contribution >= 4 is 32.8 Å². The molecule has 0 aliphatic rings. The average molecular weight is 358 g/mol. The largest absolute Gasteiger partial charge is 0.508 e. The van der Waals surface area contributed by atoms with E-state index in [-0.39, 0.29) is 16.7 Å². The minimum atomic E-state index is -5.01. The maximum absolute atomic E-state index is 12.3. The highest BCUT2D eigenvalue weighted by atomic mass is 32.2. The monoisotopic (exact) mass is 358 g/mol. The van der Waals surface area contributed by atoms with Crippen LogP contribution in [-0.4, -0.2) is 16.8 Å². The van der Waals surface area contributed by atoms with Gasteiger partial charge in [-0.1, -0.05) is 12.1 Å². The van der Waals surface area contributed by atoms with Crippen LogP contribution in [0.25, 0.3) is 21.7 Å². The van der Waals surface area contributed by atoms with E-state index in [1.165, 1.54) is 19.2 Å². The van der Waals surface area contributed by atoms with Gasteiger partial charge in [0.2, 0.25) is 0 Å². The Hall–Kier alpha value is -2.55.